The molecule has 9 heteroatoms. The van der Waals surface area contributed by atoms with Crippen molar-refractivity contribution in [2.45, 2.75) is 13.2 Å². The van der Waals surface area contributed by atoms with E-state index in [1.165, 1.54) is 22.1 Å². The molecule has 4 rings (SSSR count). The molecule has 1 amide bonds. The van der Waals surface area contributed by atoms with Crippen molar-refractivity contribution in [2.75, 3.05) is 5.32 Å². The van der Waals surface area contributed by atoms with E-state index in [4.69, 9.17) is 27.9 Å². The third-order valence-corrected chi connectivity index (χ3v) is 6.02. The molecule has 4 aromatic rings. The number of benzene rings is 2. The van der Waals surface area contributed by atoms with Crippen LogP contribution in [0.1, 0.15) is 20.8 Å². The van der Waals surface area contributed by atoms with Crippen LogP contribution in [-0.2, 0) is 13.2 Å². The van der Waals surface area contributed by atoms with Gasteiger partial charge in [-0.2, -0.15) is 5.10 Å². The lowest BCUT2D eigenvalue weighted by atomic mass is 10.2. The minimum atomic E-state index is -0.404. The fourth-order valence-electron chi connectivity index (χ4n) is 2.83. The van der Waals surface area contributed by atoms with E-state index in [0.29, 0.717) is 38.7 Å². The van der Waals surface area contributed by atoms with Crippen molar-refractivity contribution in [1.29, 1.82) is 0 Å². The molecule has 158 valence electrons. The maximum atomic E-state index is 14.0. The number of anilines is 1. The van der Waals surface area contributed by atoms with Gasteiger partial charge in [-0.05, 0) is 35.7 Å². The van der Waals surface area contributed by atoms with Crippen LogP contribution in [0.25, 0.3) is 0 Å². The molecule has 5 nitrogen and oxygen atoms in total. The predicted octanol–water partition coefficient (Wildman–Crippen LogP) is 6.27. The van der Waals surface area contributed by atoms with Crippen LogP contribution < -0.4 is 10.1 Å². The van der Waals surface area contributed by atoms with Crippen LogP contribution >= 0.6 is 34.5 Å². The summed E-state index contributed by atoms with van der Waals surface area (Å²) in [6, 6.07) is 15.1. The second-order valence-electron chi connectivity index (χ2n) is 6.59. The van der Waals surface area contributed by atoms with Gasteiger partial charge in [0.05, 0.1) is 16.4 Å². The number of carbonyl (C=O) groups excluding carboxylic acids is 1. The number of nitrogens with one attached hydrogen (secondary N) is 1. The predicted molar refractivity (Wildman–Crippen MR) is 121 cm³/mol. The molecule has 2 aromatic heterocycles. The highest BCUT2D eigenvalue weighted by Gasteiger charge is 2.13. The number of amides is 1. The number of hydrogen-bond acceptors (Lipinski definition) is 4. The summed E-state index contributed by atoms with van der Waals surface area (Å²) >= 11 is 13.4. The first-order valence-corrected chi connectivity index (χ1v) is 10.9. The molecule has 31 heavy (non-hydrogen) atoms. The number of hydrogen-bond donors (Lipinski definition) is 1. The van der Waals surface area contributed by atoms with Gasteiger partial charge in [0.2, 0.25) is 0 Å². The Balaban J connectivity index is 1.36. The van der Waals surface area contributed by atoms with E-state index < -0.39 is 5.82 Å². The van der Waals surface area contributed by atoms with Crippen LogP contribution in [0.15, 0.2) is 66.2 Å². The molecule has 2 heterocycles. The molecule has 0 saturated heterocycles. The summed E-state index contributed by atoms with van der Waals surface area (Å²) in [5, 5.41) is 9.72. The minimum Gasteiger partial charge on any atom is -0.487 e. The van der Waals surface area contributed by atoms with Gasteiger partial charge in [0.25, 0.3) is 5.91 Å². The van der Waals surface area contributed by atoms with Gasteiger partial charge in [-0.15, -0.1) is 11.3 Å². The number of thiophene rings is 1. The van der Waals surface area contributed by atoms with Crippen LogP contribution in [0.4, 0.5) is 10.2 Å². The van der Waals surface area contributed by atoms with Crippen molar-refractivity contribution in [2.24, 2.45) is 0 Å². The fraction of sp³-hybridized carbons (Fsp3) is 0.0909. The number of para-hydroxylation sites is 1. The Morgan fingerprint density at radius 3 is 2.74 bits per heavy atom. The van der Waals surface area contributed by atoms with Crippen LogP contribution in [0.5, 0.6) is 5.75 Å². The highest BCUT2D eigenvalue weighted by molar-refractivity contribution is 7.12. The van der Waals surface area contributed by atoms with E-state index in [1.54, 1.807) is 42.6 Å². The summed E-state index contributed by atoms with van der Waals surface area (Å²) in [6.45, 7) is 0.454. The maximum absolute atomic E-state index is 14.0. The number of aromatic nitrogens is 2. The Labute approximate surface area is 192 Å². The average molecular weight is 476 g/mol. The van der Waals surface area contributed by atoms with E-state index in [0.717, 1.165) is 5.56 Å². The van der Waals surface area contributed by atoms with Gasteiger partial charge in [0, 0.05) is 28.4 Å². The molecule has 0 aliphatic carbocycles. The van der Waals surface area contributed by atoms with Crippen molar-refractivity contribution in [1.82, 2.24) is 9.78 Å². The summed E-state index contributed by atoms with van der Waals surface area (Å²) in [6.07, 6.45) is 1.65. The molecule has 0 aliphatic rings. The average Bonchev–Trinajstić information content (AvgIpc) is 3.40. The Morgan fingerprint density at radius 1 is 1.13 bits per heavy atom. The summed E-state index contributed by atoms with van der Waals surface area (Å²) in [5.41, 5.74) is 1.20. The number of carbonyl (C=O) groups is 1. The molecule has 0 atom stereocenters. The molecule has 0 radical (unpaired) electrons. The monoisotopic (exact) mass is 475 g/mol. The standard InChI is InChI=1S/C22H16Cl2FN3O2S/c23-16-5-3-6-18(25)15(16)11-28-9-8-21(27-28)26-22(29)20-10-14(13-31-20)12-30-19-7-2-1-4-17(19)24/h1-10,13H,11-12H2,(H,26,27,29). The van der Waals surface area contributed by atoms with Crippen LogP contribution in [-0.4, -0.2) is 15.7 Å². The van der Waals surface area contributed by atoms with Crippen molar-refractivity contribution >= 4 is 46.3 Å². The second kappa shape index (κ2) is 9.51. The van der Waals surface area contributed by atoms with Gasteiger partial charge in [-0.1, -0.05) is 41.4 Å². The lowest BCUT2D eigenvalue weighted by Gasteiger charge is -2.06. The smallest absolute Gasteiger partial charge is 0.266 e. The molecule has 1 N–H and O–H groups in total. The summed E-state index contributed by atoms with van der Waals surface area (Å²) in [7, 11) is 0. The summed E-state index contributed by atoms with van der Waals surface area (Å²) in [5.74, 6) is 0.253. The van der Waals surface area contributed by atoms with E-state index in [-0.39, 0.29) is 12.5 Å². The number of halogens is 3. The van der Waals surface area contributed by atoms with Crippen LogP contribution in [0.2, 0.25) is 10.0 Å². The molecule has 2 aromatic carbocycles. The molecular formula is C22H16Cl2FN3O2S. The first-order valence-electron chi connectivity index (χ1n) is 9.22. The highest BCUT2D eigenvalue weighted by Crippen LogP contribution is 2.25. The lowest BCUT2D eigenvalue weighted by molar-refractivity contribution is 0.103. The zero-order valence-corrected chi connectivity index (χ0v) is 18.3. The highest BCUT2D eigenvalue weighted by atomic mass is 35.5. The summed E-state index contributed by atoms with van der Waals surface area (Å²) in [4.78, 5) is 13.1. The Kier molecular flexibility index (Phi) is 6.56. The molecule has 0 aliphatic heterocycles. The van der Waals surface area contributed by atoms with Gasteiger partial charge in [-0.3, -0.25) is 9.48 Å². The van der Waals surface area contributed by atoms with E-state index in [9.17, 15) is 9.18 Å². The van der Waals surface area contributed by atoms with Crippen molar-refractivity contribution < 1.29 is 13.9 Å². The molecule has 0 fully saturated rings. The van der Waals surface area contributed by atoms with Gasteiger partial charge in [0.1, 0.15) is 18.2 Å². The van der Waals surface area contributed by atoms with Gasteiger partial charge >= 0.3 is 0 Å². The maximum Gasteiger partial charge on any atom is 0.266 e. The van der Waals surface area contributed by atoms with Crippen molar-refractivity contribution in [3.63, 3.8) is 0 Å². The third-order valence-electron chi connectivity index (χ3n) is 4.37. The molecule has 0 saturated carbocycles. The zero-order valence-electron chi connectivity index (χ0n) is 16.0. The van der Waals surface area contributed by atoms with Gasteiger partial charge < -0.3 is 10.1 Å². The molecule has 0 unspecified atom stereocenters. The zero-order chi connectivity index (χ0) is 21.8. The van der Waals surface area contributed by atoms with Crippen LogP contribution in [0, 0.1) is 5.82 Å². The number of ether oxygens (including phenoxy) is 1. The normalized spacial score (nSPS) is 10.8. The first kappa shape index (κ1) is 21.4. The van der Waals surface area contributed by atoms with E-state index in [2.05, 4.69) is 10.4 Å². The number of rotatable bonds is 7. The Morgan fingerprint density at radius 2 is 1.94 bits per heavy atom. The molecule has 0 bridgehead atoms. The fourth-order valence-corrected chi connectivity index (χ4v) is 4.04. The quantitative estimate of drug-likeness (QED) is 0.342. The molecule has 0 spiro atoms. The lowest BCUT2D eigenvalue weighted by Crippen LogP contribution is -2.11. The number of nitrogens with zero attached hydrogens (tertiary/aromatic N) is 2. The largest absolute Gasteiger partial charge is 0.487 e. The van der Waals surface area contributed by atoms with Crippen molar-refractivity contribution in [3.8, 4) is 5.75 Å². The Hall–Kier alpha value is -2.87. The first-order chi connectivity index (χ1) is 15.0. The SMILES string of the molecule is O=C(Nc1ccn(Cc2c(F)cccc2Cl)n1)c1cc(COc2ccccc2Cl)cs1. The van der Waals surface area contributed by atoms with E-state index in [1.807, 2.05) is 17.5 Å². The topological polar surface area (TPSA) is 56.2 Å². The summed E-state index contributed by atoms with van der Waals surface area (Å²) < 4.78 is 21.2. The van der Waals surface area contributed by atoms with Crippen molar-refractivity contribution in [3.05, 3.63) is 98.0 Å². The van der Waals surface area contributed by atoms with Gasteiger partial charge in [-0.25, -0.2) is 4.39 Å². The Bertz CT molecular complexity index is 1200. The third kappa shape index (κ3) is 5.25. The van der Waals surface area contributed by atoms with Crippen LogP contribution in [0.3, 0.4) is 0 Å². The van der Waals surface area contributed by atoms with Gasteiger partial charge in [0.15, 0.2) is 5.82 Å². The molecular weight excluding hydrogens is 460 g/mol. The second-order valence-corrected chi connectivity index (χ2v) is 8.32. The van der Waals surface area contributed by atoms with E-state index >= 15 is 0 Å². The minimum absolute atomic E-state index is 0.157.